The molecule has 0 bridgehead atoms. The molecule has 1 aromatic heterocycles. The van der Waals surface area contributed by atoms with Gasteiger partial charge in [-0.25, -0.2) is 20.6 Å². The molecule has 0 spiro atoms. The van der Waals surface area contributed by atoms with Gasteiger partial charge in [-0.05, 0) is 38.7 Å². The summed E-state index contributed by atoms with van der Waals surface area (Å²) in [6, 6.07) is 8.90. The van der Waals surface area contributed by atoms with Crippen LogP contribution in [-0.4, -0.2) is 35.3 Å². The molecule has 2 aliphatic rings. The van der Waals surface area contributed by atoms with Crippen LogP contribution < -0.4 is 20.5 Å². The molecule has 4 rings (SSSR count). The fraction of sp³-hybridized carbons (Fsp3) is 0.526. The number of para-hydroxylation sites is 1. The second-order valence-corrected chi connectivity index (χ2v) is 7.20. The van der Waals surface area contributed by atoms with Crippen molar-refractivity contribution in [2.45, 2.75) is 51.5 Å². The molecule has 2 aromatic rings. The second-order valence-electron chi connectivity index (χ2n) is 7.20. The van der Waals surface area contributed by atoms with Crippen LogP contribution in [0.1, 0.15) is 44.2 Å². The van der Waals surface area contributed by atoms with Crippen molar-refractivity contribution in [1.82, 2.24) is 15.3 Å². The number of guanidine groups is 1. The number of aryl methyl sites for hydroxylation is 1. The lowest BCUT2D eigenvalue weighted by molar-refractivity contribution is -1.00. The lowest BCUT2D eigenvalue weighted by atomic mass is 10.1. The van der Waals surface area contributed by atoms with Crippen LogP contribution in [0.15, 0.2) is 24.3 Å². The van der Waals surface area contributed by atoms with Crippen LogP contribution in [0, 0.1) is 6.92 Å². The smallest absolute Gasteiger partial charge is 0.274 e. The van der Waals surface area contributed by atoms with Gasteiger partial charge >= 0.3 is 5.96 Å². The van der Waals surface area contributed by atoms with Crippen molar-refractivity contribution in [2.24, 2.45) is 0 Å². The molecule has 1 aliphatic carbocycles. The molecular weight excluding hydrogens is 312 g/mol. The quantitative estimate of drug-likeness (QED) is 0.577. The van der Waals surface area contributed by atoms with Crippen molar-refractivity contribution in [1.29, 1.82) is 0 Å². The van der Waals surface area contributed by atoms with Gasteiger partial charge in [-0.15, -0.1) is 0 Å². The first-order valence-electron chi connectivity index (χ1n) is 9.49. The lowest BCUT2D eigenvalue weighted by Crippen LogP contribution is -3.26. The Labute approximate surface area is 148 Å². The zero-order valence-electron chi connectivity index (χ0n) is 14.9. The van der Waals surface area contributed by atoms with Crippen LogP contribution in [0.3, 0.4) is 0 Å². The Morgan fingerprint density at radius 3 is 2.68 bits per heavy atom. The summed E-state index contributed by atoms with van der Waals surface area (Å²) in [7, 11) is 0. The Balaban J connectivity index is 1.43. The molecular formula is C19H28N6+2. The minimum Gasteiger partial charge on any atom is -0.274 e. The first-order valence-corrected chi connectivity index (χ1v) is 9.49. The SMILES string of the molecule is Cc1nc(NC2=[NH+]C[NH+](C3CCCCCC3)CN2)nc2ccccc12. The van der Waals surface area contributed by atoms with E-state index in [-0.39, 0.29) is 0 Å². The maximum Gasteiger partial charge on any atom is 0.359 e. The zero-order chi connectivity index (χ0) is 17.1. The summed E-state index contributed by atoms with van der Waals surface area (Å²) < 4.78 is 0. The van der Waals surface area contributed by atoms with E-state index in [1.165, 1.54) is 38.5 Å². The number of fused-ring (bicyclic) bond motifs is 1. The molecule has 6 heteroatoms. The van der Waals surface area contributed by atoms with E-state index in [4.69, 9.17) is 0 Å². The third-order valence-electron chi connectivity index (χ3n) is 5.45. The predicted molar refractivity (Wildman–Crippen MR) is 99.2 cm³/mol. The topological polar surface area (TPSA) is 68.2 Å². The molecule has 0 saturated heterocycles. The minimum absolute atomic E-state index is 0.643. The average molecular weight is 340 g/mol. The summed E-state index contributed by atoms with van der Waals surface area (Å²) in [6.45, 7) is 3.93. The van der Waals surface area contributed by atoms with Gasteiger partial charge in [0.2, 0.25) is 0 Å². The van der Waals surface area contributed by atoms with E-state index >= 15 is 0 Å². The minimum atomic E-state index is 0.643. The number of quaternary nitrogens is 1. The number of nitrogens with zero attached hydrogens (tertiary/aromatic N) is 2. The highest BCUT2D eigenvalue weighted by Gasteiger charge is 2.28. The Bertz CT molecular complexity index is 764. The average Bonchev–Trinajstić information content (AvgIpc) is 2.92. The monoisotopic (exact) mass is 340 g/mol. The van der Waals surface area contributed by atoms with Crippen LogP contribution in [-0.2, 0) is 0 Å². The molecule has 0 radical (unpaired) electrons. The van der Waals surface area contributed by atoms with E-state index in [1.54, 1.807) is 4.90 Å². The molecule has 25 heavy (non-hydrogen) atoms. The van der Waals surface area contributed by atoms with Crippen LogP contribution in [0.4, 0.5) is 5.95 Å². The molecule has 1 aromatic carbocycles. The lowest BCUT2D eigenvalue weighted by Gasteiger charge is -2.27. The van der Waals surface area contributed by atoms with E-state index in [9.17, 15) is 0 Å². The van der Waals surface area contributed by atoms with Crippen LogP contribution in [0.2, 0.25) is 0 Å². The summed E-state index contributed by atoms with van der Waals surface area (Å²) >= 11 is 0. The van der Waals surface area contributed by atoms with Crippen molar-refractivity contribution >= 4 is 22.8 Å². The highest BCUT2D eigenvalue weighted by Crippen LogP contribution is 2.16. The maximum atomic E-state index is 4.62. The summed E-state index contributed by atoms with van der Waals surface area (Å²) in [6.07, 6.45) is 8.29. The Morgan fingerprint density at radius 1 is 1.12 bits per heavy atom. The van der Waals surface area contributed by atoms with Gasteiger partial charge in [-0.2, -0.15) is 4.98 Å². The Morgan fingerprint density at radius 2 is 1.92 bits per heavy atom. The molecule has 1 atom stereocenters. The zero-order valence-corrected chi connectivity index (χ0v) is 14.9. The predicted octanol–water partition coefficient (Wildman–Crippen LogP) is -0.0874. The molecule has 1 saturated carbocycles. The molecule has 2 heterocycles. The Kier molecular flexibility index (Phi) is 4.78. The first-order chi connectivity index (χ1) is 12.3. The third-order valence-corrected chi connectivity index (χ3v) is 5.45. The second kappa shape index (κ2) is 7.35. The van der Waals surface area contributed by atoms with Gasteiger partial charge in [-0.1, -0.05) is 31.0 Å². The van der Waals surface area contributed by atoms with Crippen molar-refractivity contribution < 1.29 is 9.89 Å². The van der Waals surface area contributed by atoms with Crippen molar-refractivity contribution in [3.05, 3.63) is 30.0 Å². The number of hydrogen-bond donors (Lipinski definition) is 4. The largest absolute Gasteiger partial charge is 0.359 e. The summed E-state index contributed by atoms with van der Waals surface area (Å²) in [4.78, 5) is 14.3. The van der Waals surface area contributed by atoms with Crippen LogP contribution >= 0.6 is 0 Å². The fourth-order valence-corrected chi connectivity index (χ4v) is 4.00. The number of anilines is 1. The highest BCUT2D eigenvalue weighted by atomic mass is 15.4. The number of aromatic nitrogens is 2. The van der Waals surface area contributed by atoms with Crippen molar-refractivity contribution in [3.63, 3.8) is 0 Å². The van der Waals surface area contributed by atoms with E-state index < -0.39 is 0 Å². The molecule has 1 fully saturated rings. The maximum absolute atomic E-state index is 4.62. The molecule has 0 amide bonds. The van der Waals surface area contributed by atoms with Gasteiger partial charge in [0.25, 0.3) is 5.95 Å². The van der Waals surface area contributed by atoms with Crippen molar-refractivity contribution in [2.75, 3.05) is 18.7 Å². The van der Waals surface area contributed by atoms with E-state index in [0.717, 1.165) is 41.9 Å². The van der Waals surface area contributed by atoms with Gasteiger partial charge in [0.05, 0.1) is 17.3 Å². The normalized spacial score (nSPS) is 22.1. The summed E-state index contributed by atoms with van der Waals surface area (Å²) in [5.74, 6) is 1.55. The molecule has 1 aliphatic heterocycles. The van der Waals surface area contributed by atoms with E-state index in [1.807, 2.05) is 25.1 Å². The van der Waals surface area contributed by atoms with Gasteiger partial charge in [0.15, 0.2) is 13.3 Å². The first kappa shape index (κ1) is 16.3. The number of hydrogen-bond acceptors (Lipinski definition) is 4. The van der Waals surface area contributed by atoms with Gasteiger partial charge in [0, 0.05) is 5.39 Å². The van der Waals surface area contributed by atoms with Gasteiger partial charge in [0.1, 0.15) is 0 Å². The molecule has 4 N–H and O–H groups in total. The Hall–Kier alpha value is -2.21. The van der Waals surface area contributed by atoms with Gasteiger partial charge in [-0.3, -0.25) is 4.90 Å². The van der Waals surface area contributed by atoms with Crippen molar-refractivity contribution in [3.8, 4) is 0 Å². The highest BCUT2D eigenvalue weighted by molar-refractivity contribution is 5.89. The van der Waals surface area contributed by atoms with Crippen LogP contribution in [0.25, 0.3) is 10.9 Å². The fourth-order valence-electron chi connectivity index (χ4n) is 4.00. The van der Waals surface area contributed by atoms with E-state index in [2.05, 4.69) is 31.7 Å². The standard InChI is InChI=1S/C19H26N6/c1-14-16-10-6-7-11-17(16)23-19(22-14)24-18-20-12-25(13-21-18)15-8-4-2-3-5-9-15/h6-7,10-11,15H,2-5,8-9,12-13H2,1H3,(H2,20,21,22,23,24)/p+2. The summed E-state index contributed by atoms with van der Waals surface area (Å²) in [5.41, 5.74) is 1.97. The van der Waals surface area contributed by atoms with Crippen LogP contribution in [0.5, 0.6) is 0 Å². The molecule has 6 nitrogen and oxygen atoms in total. The number of benzene rings is 1. The number of rotatable bonds is 2. The molecule has 1 unspecified atom stereocenters. The van der Waals surface area contributed by atoms with E-state index in [0.29, 0.717) is 5.95 Å². The van der Waals surface area contributed by atoms with Gasteiger partial charge < -0.3 is 0 Å². The number of nitrogens with one attached hydrogen (secondary N) is 4. The third kappa shape index (κ3) is 3.74. The summed E-state index contributed by atoms with van der Waals surface area (Å²) in [5, 5.41) is 7.89. The molecule has 132 valence electrons.